The van der Waals surface area contributed by atoms with Crippen molar-refractivity contribution < 1.29 is 19.1 Å². The number of rotatable bonds is 5. The molecule has 1 aliphatic rings. The largest absolute Gasteiger partial charge is 0.470 e. The minimum absolute atomic E-state index is 0.0516. The summed E-state index contributed by atoms with van der Waals surface area (Å²) in [5, 5.41) is 3.53. The van der Waals surface area contributed by atoms with Crippen LogP contribution in [0, 0.1) is 6.92 Å². The molecule has 0 spiro atoms. The van der Waals surface area contributed by atoms with Crippen LogP contribution in [-0.4, -0.2) is 40.4 Å². The fourth-order valence-electron chi connectivity index (χ4n) is 2.95. The van der Waals surface area contributed by atoms with Gasteiger partial charge in [0.25, 0.3) is 5.91 Å². The Hall–Kier alpha value is -2.96. The van der Waals surface area contributed by atoms with Gasteiger partial charge in [0.15, 0.2) is 12.5 Å². The second-order valence-corrected chi connectivity index (χ2v) is 6.54. The van der Waals surface area contributed by atoms with Crippen LogP contribution in [0.3, 0.4) is 0 Å². The van der Waals surface area contributed by atoms with Crippen molar-refractivity contribution in [2.45, 2.75) is 53.5 Å². The Bertz CT molecular complexity index is 877. The first kappa shape index (κ1) is 21.3. The third-order valence-corrected chi connectivity index (χ3v) is 4.16. The van der Waals surface area contributed by atoms with E-state index in [4.69, 9.17) is 4.74 Å². The van der Waals surface area contributed by atoms with Crippen molar-refractivity contribution in [3.8, 4) is 5.75 Å². The van der Waals surface area contributed by atoms with E-state index in [0.29, 0.717) is 22.2 Å². The van der Waals surface area contributed by atoms with Gasteiger partial charge < -0.3 is 10.1 Å². The Balaban J connectivity index is 0.00000136. The number of para-hydroxylation sites is 1. The fourth-order valence-corrected chi connectivity index (χ4v) is 2.95. The van der Waals surface area contributed by atoms with Gasteiger partial charge in [-0.25, -0.2) is 9.88 Å². The van der Waals surface area contributed by atoms with Gasteiger partial charge in [0.2, 0.25) is 11.8 Å². The van der Waals surface area contributed by atoms with E-state index in [1.807, 2.05) is 45.9 Å². The SMILES string of the molecule is CC.Cc1nc2ccccc2c(C(=O)NC(C)C)c1OCN1C(=O)CCC1=O. The Labute approximate surface area is 165 Å². The van der Waals surface area contributed by atoms with E-state index in [-0.39, 0.29) is 49.1 Å². The molecule has 1 aliphatic heterocycles. The molecule has 150 valence electrons. The van der Waals surface area contributed by atoms with E-state index in [9.17, 15) is 14.4 Å². The van der Waals surface area contributed by atoms with Crippen LogP contribution in [0.4, 0.5) is 0 Å². The first-order valence-corrected chi connectivity index (χ1v) is 9.54. The summed E-state index contributed by atoms with van der Waals surface area (Å²) in [6, 6.07) is 7.25. The summed E-state index contributed by atoms with van der Waals surface area (Å²) in [6.45, 7) is 9.26. The Kier molecular flexibility index (Phi) is 7.09. The molecule has 0 aliphatic carbocycles. The zero-order valence-electron chi connectivity index (χ0n) is 17.0. The van der Waals surface area contributed by atoms with Crippen molar-refractivity contribution in [3.63, 3.8) is 0 Å². The second kappa shape index (κ2) is 9.30. The number of imide groups is 1. The number of fused-ring (bicyclic) bond motifs is 1. The number of aromatic nitrogens is 1. The minimum Gasteiger partial charge on any atom is -0.470 e. The number of benzene rings is 1. The highest BCUT2D eigenvalue weighted by molar-refractivity contribution is 6.09. The smallest absolute Gasteiger partial charge is 0.256 e. The van der Waals surface area contributed by atoms with Crippen molar-refractivity contribution in [3.05, 3.63) is 35.5 Å². The number of likely N-dealkylation sites (tertiary alicyclic amines) is 1. The number of hydrogen-bond acceptors (Lipinski definition) is 5. The molecule has 0 radical (unpaired) electrons. The molecule has 0 saturated carbocycles. The standard InChI is InChI=1S/C19H21N3O4.C2H6/c1-11(2)20-19(25)17-13-6-4-5-7-14(13)21-12(3)18(17)26-10-22-15(23)8-9-16(22)24;1-2/h4-7,11H,8-10H2,1-3H3,(H,20,25);1-2H3. The predicted molar refractivity (Wildman–Crippen MR) is 107 cm³/mol. The Morgan fingerprint density at radius 2 is 1.79 bits per heavy atom. The van der Waals surface area contributed by atoms with Gasteiger partial charge in [0.1, 0.15) is 0 Å². The van der Waals surface area contributed by atoms with Crippen molar-refractivity contribution in [1.82, 2.24) is 15.2 Å². The molecule has 0 bridgehead atoms. The van der Waals surface area contributed by atoms with Crippen molar-refractivity contribution >= 4 is 28.6 Å². The third kappa shape index (κ3) is 4.47. The molecular formula is C21H27N3O4. The summed E-state index contributed by atoms with van der Waals surface area (Å²) in [7, 11) is 0. The van der Waals surface area contributed by atoms with Crippen LogP contribution in [0.15, 0.2) is 24.3 Å². The summed E-state index contributed by atoms with van der Waals surface area (Å²) in [6.07, 6.45) is 0.385. The molecule has 1 aromatic carbocycles. The predicted octanol–water partition coefficient (Wildman–Crippen LogP) is 3.19. The normalized spacial score (nSPS) is 13.6. The van der Waals surface area contributed by atoms with E-state index < -0.39 is 0 Å². The maximum Gasteiger partial charge on any atom is 0.256 e. The molecule has 3 rings (SSSR count). The van der Waals surface area contributed by atoms with Gasteiger partial charge in [-0.15, -0.1) is 0 Å². The van der Waals surface area contributed by atoms with E-state index in [1.54, 1.807) is 13.0 Å². The van der Waals surface area contributed by atoms with Crippen LogP contribution in [0.1, 0.15) is 56.6 Å². The molecule has 2 aromatic rings. The average Bonchev–Trinajstić information content (AvgIpc) is 2.98. The van der Waals surface area contributed by atoms with Gasteiger partial charge in [0, 0.05) is 24.3 Å². The molecule has 7 heteroatoms. The zero-order chi connectivity index (χ0) is 20.8. The fraction of sp³-hybridized carbons (Fsp3) is 0.429. The maximum atomic E-state index is 12.8. The number of ether oxygens (including phenoxy) is 1. The van der Waals surface area contributed by atoms with E-state index in [1.165, 1.54) is 0 Å². The Morgan fingerprint density at radius 1 is 1.18 bits per heavy atom. The van der Waals surface area contributed by atoms with Crippen LogP contribution >= 0.6 is 0 Å². The highest BCUT2D eigenvalue weighted by atomic mass is 16.5. The third-order valence-electron chi connectivity index (χ3n) is 4.16. The first-order valence-electron chi connectivity index (χ1n) is 9.54. The van der Waals surface area contributed by atoms with Crippen molar-refractivity contribution in [1.29, 1.82) is 0 Å². The molecule has 28 heavy (non-hydrogen) atoms. The molecule has 1 saturated heterocycles. The lowest BCUT2D eigenvalue weighted by Gasteiger charge is -2.20. The van der Waals surface area contributed by atoms with E-state index >= 15 is 0 Å². The van der Waals surface area contributed by atoms with Crippen molar-refractivity contribution in [2.24, 2.45) is 0 Å². The molecular weight excluding hydrogens is 358 g/mol. The summed E-state index contributed by atoms with van der Waals surface area (Å²) in [5.74, 6) is -0.533. The highest BCUT2D eigenvalue weighted by Gasteiger charge is 2.30. The number of nitrogens with one attached hydrogen (secondary N) is 1. The van der Waals surface area contributed by atoms with Crippen LogP contribution in [-0.2, 0) is 9.59 Å². The summed E-state index contributed by atoms with van der Waals surface area (Å²) in [4.78, 5) is 42.0. The molecule has 0 atom stereocenters. The van der Waals surface area contributed by atoms with Crippen molar-refractivity contribution in [2.75, 3.05) is 6.73 Å². The zero-order valence-corrected chi connectivity index (χ0v) is 17.0. The lowest BCUT2D eigenvalue weighted by atomic mass is 10.1. The van der Waals surface area contributed by atoms with Gasteiger partial charge in [-0.3, -0.25) is 14.4 Å². The minimum atomic E-state index is -0.282. The lowest BCUT2D eigenvalue weighted by molar-refractivity contribution is -0.141. The molecule has 2 heterocycles. The van der Waals surface area contributed by atoms with Gasteiger partial charge in [0.05, 0.1) is 16.8 Å². The number of pyridine rings is 1. The molecule has 1 N–H and O–H groups in total. The number of carbonyl (C=O) groups is 3. The number of carbonyl (C=O) groups excluding carboxylic acids is 3. The van der Waals surface area contributed by atoms with Crippen LogP contribution in [0.2, 0.25) is 0 Å². The number of amides is 3. The van der Waals surface area contributed by atoms with Gasteiger partial charge >= 0.3 is 0 Å². The number of hydrogen-bond donors (Lipinski definition) is 1. The molecule has 7 nitrogen and oxygen atoms in total. The first-order chi connectivity index (χ1) is 13.4. The summed E-state index contributed by atoms with van der Waals surface area (Å²) < 4.78 is 5.76. The summed E-state index contributed by atoms with van der Waals surface area (Å²) in [5.41, 5.74) is 1.57. The maximum absolute atomic E-state index is 12.8. The number of nitrogens with zero attached hydrogens (tertiary/aromatic N) is 2. The molecule has 0 unspecified atom stereocenters. The second-order valence-electron chi connectivity index (χ2n) is 6.54. The number of aryl methyl sites for hydroxylation is 1. The monoisotopic (exact) mass is 385 g/mol. The molecule has 1 fully saturated rings. The van der Waals surface area contributed by atoms with Gasteiger partial charge in [-0.1, -0.05) is 32.0 Å². The van der Waals surface area contributed by atoms with Gasteiger partial charge in [-0.2, -0.15) is 0 Å². The van der Waals surface area contributed by atoms with Crippen LogP contribution in [0.5, 0.6) is 5.75 Å². The average molecular weight is 385 g/mol. The van der Waals surface area contributed by atoms with Gasteiger partial charge in [-0.05, 0) is 26.8 Å². The van der Waals surface area contributed by atoms with Crippen LogP contribution < -0.4 is 10.1 Å². The molecule has 1 aromatic heterocycles. The highest BCUT2D eigenvalue weighted by Crippen LogP contribution is 2.30. The van der Waals surface area contributed by atoms with E-state index in [0.717, 1.165) is 4.90 Å². The quantitative estimate of drug-likeness (QED) is 0.799. The van der Waals surface area contributed by atoms with E-state index in [2.05, 4.69) is 10.3 Å². The summed E-state index contributed by atoms with van der Waals surface area (Å²) >= 11 is 0. The van der Waals surface area contributed by atoms with Crippen LogP contribution in [0.25, 0.3) is 10.9 Å². The Morgan fingerprint density at radius 3 is 2.39 bits per heavy atom. The lowest BCUT2D eigenvalue weighted by Crippen LogP contribution is -2.34. The molecule has 3 amide bonds. The topological polar surface area (TPSA) is 88.6 Å².